The Bertz CT molecular complexity index is 1220. The second-order valence-electron chi connectivity index (χ2n) is 7.57. The summed E-state index contributed by atoms with van der Waals surface area (Å²) in [5.74, 6) is 0. The van der Waals surface area contributed by atoms with Crippen LogP contribution in [-0.2, 0) is 14.8 Å². The second-order valence-corrected chi connectivity index (χ2v) is 10.8. The van der Waals surface area contributed by atoms with Crippen LogP contribution in [0.3, 0.4) is 0 Å². The maximum absolute atomic E-state index is 13.2. The van der Waals surface area contributed by atoms with E-state index in [9.17, 15) is 8.42 Å². The minimum atomic E-state index is -3.62. The SMILES string of the molecule is CC1CN(S(=O)(=O)c2cccc(-c3csc(NN=Cc4cccc(Cl)c4)n3)c2)CC(C)O1. The summed E-state index contributed by atoms with van der Waals surface area (Å²) in [5.41, 5.74) is 5.17. The standard InChI is InChI=1S/C22H23ClN4O3S2/c1-15-12-27(13-16(2)30-15)32(28,29)20-8-4-6-18(10-20)21-14-31-22(25-21)26-24-11-17-5-3-7-19(23)9-17/h3-11,14-16H,12-13H2,1-2H3,(H,25,26). The third-order valence-corrected chi connectivity index (χ3v) is 7.69. The maximum Gasteiger partial charge on any atom is 0.243 e. The molecule has 2 atom stereocenters. The van der Waals surface area contributed by atoms with Gasteiger partial charge in [0, 0.05) is 29.1 Å². The lowest BCUT2D eigenvalue weighted by atomic mass is 10.2. The van der Waals surface area contributed by atoms with Gasteiger partial charge in [-0.05, 0) is 43.7 Å². The molecule has 1 fully saturated rings. The number of nitrogens with zero attached hydrogens (tertiary/aromatic N) is 3. The lowest BCUT2D eigenvalue weighted by molar-refractivity contribution is -0.0440. The van der Waals surface area contributed by atoms with Gasteiger partial charge in [-0.3, -0.25) is 5.43 Å². The van der Waals surface area contributed by atoms with Crippen LogP contribution in [0.1, 0.15) is 19.4 Å². The van der Waals surface area contributed by atoms with E-state index >= 15 is 0 Å². The third kappa shape index (κ3) is 5.36. The maximum atomic E-state index is 13.2. The van der Waals surface area contributed by atoms with Gasteiger partial charge in [0.1, 0.15) is 0 Å². The largest absolute Gasteiger partial charge is 0.373 e. The molecule has 168 valence electrons. The van der Waals surface area contributed by atoms with Gasteiger partial charge in [0.15, 0.2) is 0 Å². The summed E-state index contributed by atoms with van der Waals surface area (Å²) in [4.78, 5) is 4.78. The topological polar surface area (TPSA) is 83.9 Å². The number of halogens is 1. The number of morpholine rings is 1. The van der Waals surface area contributed by atoms with Gasteiger partial charge in [-0.1, -0.05) is 35.9 Å². The Labute approximate surface area is 196 Å². The number of hydrogen-bond donors (Lipinski definition) is 1. The predicted molar refractivity (Wildman–Crippen MR) is 129 cm³/mol. The fourth-order valence-electron chi connectivity index (χ4n) is 3.50. The van der Waals surface area contributed by atoms with Gasteiger partial charge < -0.3 is 4.74 Å². The van der Waals surface area contributed by atoms with Gasteiger partial charge in [-0.25, -0.2) is 13.4 Å². The van der Waals surface area contributed by atoms with Crippen LogP contribution in [0.15, 0.2) is 63.9 Å². The average molecular weight is 491 g/mol. The molecule has 1 saturated heterocycles. The molecule has 1 aromatic heterocycles. The van der Waals surface area contributed by atoms with E-state index in [1.807, 2.05) is 43.5 Å². The molecular formula is C22H23ClN4O3S2. The number of ether oxygens (including phenoxy) is 1. The molecule has 0 radical (unpaired) electrons. The Morgan fingerprint density at radius 2 is 1.94 bits per heavy atom. The number of aromatic nitrogens is 1. The quantitative estimate of drug-likeness (QED) is 0.399. The molecule has 0 amide bonds. The summed E-state index contributed by atoms with van der Waals surface area (Å²) in [6.07, 6.45) is 1.37. The van der Waals surface area contributed by atoms with Gasteiger partial charge in [-0.2, -0.15) is 9.41 Å². The van der Waals surface area contributed by atoms with E-state index in [1.54, 1.807) is 30.5 Å². The molecule has 1 aliphatic rings. The van der Waals surface area contributed by atoms with Gasteiger partial charge in [0.05, 0.1) is 29.0 Å². The summed E-state index contributed by atoms with van der Waals surface area (Å²) in [6, 6.07) is 14.2. The molecule has 0 saturated carbocycles. The first-order chi connectivity index (χ1) is 15.3. The Kier molecular flexibility index (Phi) is 6.92. The number of thiazole rings is 1. The summed E-state index contributed by atoms with van der Waals surface area (Å²) >= 11 is 7.36. The minimum absolute atomic E-state index is 0.142. The molecule has 2 unspecified atom stereocenters. The monoisotopic (exact) mass is 490 g/mol. The van der Waals surface area contributed by atoms with Crippen LogP contribution in [0.25, 0.3) is 11.3 Å². The van der Waals surface area contributed by atoms with Crippen molar-refractivity contribution in [3.05, 3.63) is 64.5 Å². The van der Waals surface area contributed by atoms with Crippen molar-refractivity contribution >= 4 is 44.3 Å². The van der Waals surface area contributed by atoms with Crippen LogP contribution in [0.4, 0.5) is 5.13 Å². The number of hydrogen-bond acceptors (Lipinski definition) is 7. The zero-order valence-corrected chi connectivity index (χ0v) is 20.0. The van der Waals surface area contributed by atoms with Gasteiger partial charge >= 0.3 is 0 Å². The highest BCUT2D eigenvalue weighted by atomic mass is 35.5. The molecule has 1 aliphatic heterocycles. The van der Waals surface area contributed by atoms with Crippen LogP contribution in [0.5, 0.6) is 0 Å². The van der Waals surface area contributed by atoms with E-state index in [0.717, 1.165) is 11.1 Å². The first-order valence-corrected chi connectivity index (χ1v) is 12.8. The molecule has 2 heterocycles. The number of hydrazone groups is 1. The average Bonchev–Trinajstić information content (AvgIpc) is 3.22. The van der Waals surface area contributed by atoms with Crippen LogP contribution < -0.4 is 5.43 Å². The Morgan fingerprint density at radius 3 is 2.69 bits per heavy atom. The van der Waals surface area contributed by atoms with Crippen molar-refractivity contribution in [2.24, 2.45) is 5.10 Å². The Hall–Kier alpha value is -2.30. The van der Waals surface area contributed by atoms with Crippen molar-refractivity contribution < 1.29 is 13.2 Å². The normalized spacial score (nSPS) is 20.0. The van der Waals surface area contributed by atoms with E-state index in [2.05, 4.69) is 15.5 Å². The molecule has 32 heavy (non-hydrogen) atoms. The van der Waals surface area contributed by atoms with E-state index in [0.29, 0.717) is 28.9 Å². The van der Waals surface area contributed by atoms with Crippen LogP contribution in [-0.4, -0.2) is 49.2 Å². The fraction of sp³-hybridized carbons (Fsp3) is 0.273. The second kappa shape index (κ2) is 9.68. The molecule has 4 rings (SSSR count). The van der Waals surface area contributed by atoms with Crippen molar-refractivity contribution in [1.29, 1.82) is 0 Å². The van der Waals surface area contributed by atoms with Gasteiger partial charge in [0.25, 0.3) is 0 Å². The summed E-state index contributed by atoms with van der Waals surface area (Å²) in [7, 11) is -3.62. The smallest absolute Gasteiger partial charge is 0.243 e. The molecule has 7 nitrogen and oxygen atoms in total. The molecule has 0 bridgehead atoms. The van der Waals surface area contributed by atoms with Crippen molar-refractivity contribution in [2.45, 2.75) is 31.0 Å². The number of sulfonamides is 1. The predicted octanol–water partition coefficient (Wildman–Crippen LogP) is 4.71. The number of benzene rings is 2. The van der Waals surface area contributed by atoms with E-state index in [1.165, 1.54) is 15.6 Å². The third-order valence-electron chi connectivity index (χ3n) is 4.88. The Morgan fingerprint density at radius 1 is 1.19 bits per heavy atom. The molecule has 3 aromatic rings. The molecule has 2 aromatic carbocycles. The van der Waals surface area contributed by atoms with Gasteiger partial charge in [-0.15, -0.1) is 11.3 Å². The number of nitrogens with one attached hydrogen (secondary N) is 1. The zero-order chi connectivity index (χ0) is 22.7. The van der Waals surface area contributed by atoms with Gasteiger partial charge in [0.2, 0.25) is 15.2 Å². The zero-order valence-electron chi connectivity index (χ0n) is 17.6. The van der Waals surface area contributed by atoms with E-state index in [-0.39, 0.29) is 17.1 Å². The number of anilines is 1. The highest BCUT2D eigenvalue weighted by Crippen LogP contribution is 2.28. The fourth-order valence-corrected chi connectivity index (χ4v) is 6.00. The Balaban J connectivity index is 1.50. The highest BCUT2D eigenvalue weighted by molar-refractivity contribution is 7.89. The van der Waals surface area contributed by atoms with E-state index in [4.69, 9.17) is 16.3 Å². The summed E-state index contributed by atoms with van der Waals surface area (Å²) in [5, 5.41) is 7.29. The van der Waals surface area contributed by atoms with E-state index < -0.39 is 10.0 Å². The molecule has 1 N–H and O–H groups in total. The molecule has 10 heteroatoms. The van der Waals surface area contributed by atoms with Crippen molar-refractivity contribution in [3.8, 4) is 11.3 Å². The summed E-state index contributed by atoms with van der Waals surface area (Å²) in [6.45, 7) is 4.44. The lowest BCUT2D eigenvalue weighted by Gasteiger charge is -2.34. The van der Waals surface area contributed by atoms with Crippen LogP contribution in [0, 0.1) is 0 Å². The first-order valence-electron chi connectivity index (χ1n) is 10.1. The number of rotatable bonds is 6. The van der Waals surface area contributed by atoms with Crippen LogP contribution >= 0.6 is 22.9 Å². The van der Waals surface area contributed by atoms with Crippen LogP contribution in [0.2, 0.25) is 5.02 Å². The summed E-state index contributed by atoms with van der Waals surface area (Å²) < 4.78 is 33.5. The van der Waals surface area contributed by atoms with Crippen molar-refractivity contribution in [1.82, 2.24) is 9.29 Å². The highest BCUT2D eigenvalue weighted by Gasteiger charge is 2.32. The minimum Gasteiger partial charge on any atom is -0.373 e. The molecular weight excluding hydrogens is 468 g/mol. The lowest BCUT2D eigenvalue weighted by Crippen LogP contribution is -2.48. The van der Waals surface area contributed by atoms with Crippen molar-refractivity contribution in [3.63, 3.8) is 0 Å². The van der Waals surface area contributed by atoms with Crippen molar-refractivity contribution in [2.75, 3.05) is 18.5 Å². The first kappa shape index (κ1) is 22.9. The molecule has 0 aliphatic carbocycles. The molecule has 0 spiro atoms.